The first-order valence-corrected chi connectivity index (χ1v) is 9.36. The van der Waals surface area contributed by atoms with Gasteiger partial charge in [0.1, 0.15) is 12.7 Å². The van der Waals surface area contributed by atoms with Crippen molar-refractivity contribution in [2.24, 2.45) is 4.99 Å². The van der Waals surface area contributed by atoms with Crippen LogP contribution in [0, 0.1) is 6.92 Å². The van der Waals surface area contributed by atoms with Crippen LogP contribution >= 0.6 is 11.3 Å². The van der Waals surface area contributed by atoms with E-state index in [1.54, 1.807) is 7.05 Å². The number of ether oxygens (including phenoxy) is 2. The summed E-state index contributed by atoms with van der Waals surface area (Å²) in [6.07, 6.45) is 0.944. The second-order valence-corrected chi connectivity index (χ2v) is 7.59. The summed E-state index contributed by atoms with van der Waals surface area (Å²) in [5.41, 5.74) is 0. The van der Waals surface area contributed by atoms with Gasteiger partial charge in [0.15, 0.2) is 17.5 Å². The fraction of sp³-hybridized carbons (Fsp3) is 0.421. The van der Waals surface area contributed by atoms with Gasteiger partial charge < -0.3 is 20.1 Å². The Morgan fingerprint density at radius 2 is 2.08 bits per heavy atom. The molecular formula is C19H25N3O2S. The van der Waals surface area contributed by atoms with Crippen LogP contribution in [0.3, 0.4) is 0 Å². The van der Waals surface area contributed by atoms with Crippen molar-refractivity contribution >= 4 is 17.3 Å². The number of aryl methyl sites for hydroxylation is 1. The van der Waals surface area contributed by atoms with Crippen LogP contribution in [-0.4, -0.2) is 38.3 Å². The molecule has 1 aliphatic heterocycles. The highest BCUT2D eigenvalue weighted by Crippen LogP contribution is 2.30. The highest BCUT2D eigenvalue weighted by Gasteiger charge is 2.20. The minimum absolute atomic E-state index is 0.0382. The van der Waals surface area contributed by atoms with Crippen LogP contribution in [0.1, 0.15) is 16.7 Å². The first-order chi connectivity index (χ1) is 12.1. The van der Waals surface area contributed by atoms with E-state index < -0.39 is 0 Å². The average Bonchev–Trinajstić information content (AvgIpc) is 3.03. The van der Waals surface area contributed by atoms with Gasteiger partial charge in [0, 0.05) is 29.3 Å². The molecule has 5 nitrogen and oxygen atoms in total. The molecule has 0 fully saturated rings. The Kier molecular flexibility index (Phi) is 5.81. The summed E-state index contributed by atoms with van der Waals surface area (Å²) < 4.78 is 11.7. The highest BCUT2D eigenvalue weighted by molar-refractivity contribution is 7.11. The van der Waals surface area contributed by atoms with Crippen LogP contribution in [0.5, 0.6) is 11.5 Å². The minimum Gasteiger partial charge on any atom is -0.486 e. The number of para-hydroxylation sites is 2. The number of thiophene rings is 1. The lowest BCUT2D eigenvalue weighted by molar-refractivity contribution is 0.0936. The molecule has 2 aromatic rings. The maximum atomic E-state index is 5.96. The third kappa shape index (κ3) is 4.89. The van der Waals surface area contributed by atoms with Gasteiger partial charge in [-0.25, -0.2) is 0 Å². The van der Waals surface area contributed by atoms with Crippen LogP contribution in [0.4, 0.5) is 0 Å². The number of nitrogens with one attached hydrogen (secondary N) is 2. The number of benzene rings is 1. The largest absolute Gasteiger partial charge is 0.486 e. The topological polar surface area (TPSA) is 54.9 Å². The van der Waals surface area contributed by atoms with E-state index in [4.69, 9.17) is 9.47 Å². The molecule has 0 aliphatic carbocycles. The lowest BCUT2D eigenvalue weighted by atomic mass is 10.2. The monoisotopic (exact) mass is 359 g/mol. The molecule has 0 amide bonds. The number of hydrogen-bond donors (Lipinski definition) is 2. The fourth-order valence-corrected chi connectivity index (χ4v) is 3.77. The van der Waals surface area contributed by atoms with Gasteiger partial charge in [-0.05, 0) is 38.1 Å². The van der Waals surface area contributed by atoms with Crippen molar-refractivity contribution in [1.82, 2.24) is 10.6 Å². The Bertz CT molecular complexity index is 729. The highest BCUT2D eigenvalue weighted by atomic mass is 32.1. The molecule has 3 rings (SSSR count). The van der Waals surface area contributed by atoms with Crippen molar-refractivity contribution in [2.75, 3.05) is 20.2 Å². The Morgan fingerprint density at radius 3 is 2.80 bits per heavy atom. The minimum atomic E-state index is -0.0382. The van der Waals surface area contributed by atoms with E-state index in [2.05, 4.69) is 41.6 Å². The van der Waals surface area contributed by atoms with Crippen LogP contribution in [-0.2, 0) is 6.42 Å². The van der Waals surface area contributed by atoms with E-state index in [-0.39, 0.29) is 6.10 Å². The molecule has 0 saturated heterocycles. The van der Waals surface area contributed by atoms with Crippen LogP contribution in [0.25, 0.3) is 0 Å². The summed E-state index contributed by atoms with van der Waals surface area (Å²) in [4.78, 5) is 7.03. The van der Waals surface area contributed by atoms with E-state index in [0.717, 1.165) is 23.9 Å². The van der Waals surface area contributed by atoms with Crippen molar-refractivity contribution in [2.45, 2.75) is 32.4 Å². The number of guanidine groups is 1. The Labute approximate surface area is 153 Å². The molecule has 0 bridgehead atoms. The Balaban J connectivity index is 1.46. The van der Waals surface area contributed by atoms with Gasteiger partial charge in [-0.2, -0.15) is 0 Å². The molecule has 2 N–H and O–H groups in total. The maximum absolute atomic E-state index is 5.96. The first kappa shape index (κ1) is 17.6. The zero-order valence-corrected chi connectivity index (χ0v) is 15.7. The maximum Gasteiger partial charge on any atom is 0.191 e. The van der Waals surface area contributed by atoms with Gasteiger partial charge in [0.25, 0.3) is 0 Å². The van der Waals surface area contributed by atoms with Gasteiger partial charge in [0.2, 0.25) is 0 Å². The number of fused-ring (bicyclic) bond motifs is 1. The molecule has 25 heavy (non-hydrogen) atoms. The summed E-state index contributed by atoms with van der Waals surface area (Å²) in [5.74, 6) is 2.38. The molecule has 2 unspecified atom stereocenters. The predicted octanol–water partition coefficient (Wildman–Crippen LogP) is 2.99. The van der Waals surface area contributed by atoms with Crippen LogP contribution in [0.15, 0.2) is 41.4 Å². The first-order valence-electron chi connectivity index (χ1n) is 8.55. The number of hydrogen-bond acceptors (Lipinski definition) is 4. The van der Waals surface area contributed by atoms with Crippen LogP contribution < -0.4 is 20.1 Å². The van der Waals surface area contributed by atoms with Gasteiger partial charge in [0.05, 0.1) is 6.54 Å². The van der Waals surface area contributed by atoms with Crippen molar-refractivity contribution in [1.29, 1.82) is 0 Å². The second-order valence-electron chi connectivity index (χ2n) is 6.21. The predicted molar refractivity (Wildman–Crippen MR) is 103 cm³/mol. The van der Waals surface area contributed by atoms with Crippen LogP contribution in [0.2, 0.25) is 0 Å². The van der Waals surface area contributed by atoms with E-state index in [1.165, 1.54) is 9.75 Å². The van der Waals surface area contributed by atoms with Gasteiger partial charge in [-0.15, -0.1) is 11.3 Å². The molecule has 134 valence electrons. The third-order valence-corrected chi connectivity index (χ3v) is 5.00. The third-order valence-electron chi connectivity index (χ3n) is 3.97. The normalized spacial score (nSPS) is 17.9. The molecule has 1 aromatic heterocycles. The zero-order valence-electron chi connectivity index (χ0n) is 14.9. The molecular weight excluding hydrogens is 334 g/mol. The lowest BCUT2D eigenvalue weighted by Gasteiger charge is -2.27. The lowest BCUT2D eigenvalue weighted by Crippen LogP contribution is -2.48. The van der Waals surface area contributed by atoms with Gasteiger partial charge in [-0.1, -0.05) is 12.1 Å². The standard InChI is InChI=1S/C19H25N3O2S/c1-13(10-16-9-8-14(2)25-16)22-19(20-3)21-11-15-12-23-17-6-4-5-7-18(17)24-15/h4-9,13,15H,10-12H2,1-3H3,(H2,20,21,22). The van der Waals surface area contributed by atoms with Crippen molar-refractivity contribution in [3.8, 4) is 11.5 Å². The SMILES string of the molecule is CN=C(NCC1COc2ccccc2O1)NC(C)Cc1ccc(C)s1. The summed E-state index contributed by atoms with van der Waals surface area (Å²) in [6.45, 7) is 5.47. The van der Waals surface area contributed by atoms with Crippen molar-refractivity contribution < 1.29 is 9.47 Å². The van der Waals surface area contributed by atoms with E-state index >= 15 is 0 Å². The van der Waals surface area contributed by atoms with Gasteiger partial charge >= 0.3 is 0 Å². The molecule has 1 aromatic carbocycles. The smallest absolute Gasteiger partial charge is 0.191 e. The van der Waals surface area contributed by atoms with E-state index in [9.17, 15) is 0 Å². The Hall–Kier alpha value is -2.21. The molecule has 0 saturated carbocycles. The quantitative estimate of drug-likeness (QED) is 0.637. The molecule has 2 heterocycles. The average molecular weight is 359 g/mol. The molecule has 6 heteroatoms. The molecule has 1 aliphatic rings. The fourth-order valence-electron chi connectivity index (χ4n) is 2.75. The van der Waals surface area contributed by atoms with E-state index in [1.807, 2.05) is 35.6 Å². The molecule has 0 radical (unpaired) electrons. The summed E-state index contributed by atoms with van der Waals surface area (Å²) in [7, 11) is 1.78. The molecule has 0 spiro atoms. The zero-order chi connectivity index (χ0) is 17.6. The van der Waals surface area contributed by atoms with Gasteiger partial charge in [-0.3, -0.25) is 4.99 Å². The second kappa shape index (κ2) is 8.25. The summed E-state index contributed by atoms with van der Waals surface area (Å²) in [6, 6.07) is 12.4. The van der Waals surface area contributed by atoms with E-state index in [0.29, 0.717) is 19.2 Å². The molecule has 2 atom stereocenters. The number of aliphatic imine (C=N–C) groups is 1. The summed E-state index contributed by atoms with van der Waals surface area (Å²) >= 11 is 1.84. The Morgan fingerprint density at radius 1 is 1.28 bits per heavy atom. The number of rotatable bonds is 5. The summed E-state index contributed by atoms with van der Waals surface area (Å²) in [5, 5.41) is 6.76. The van der Waals surface area contributed by atoms with Crippen molar-refractivity contribution in [3.63, 3.8) is 0 Å². The number of nitrogens with zero attached hydrogens (tertiary/aromatic N) is 1. The van der Waals surface area contributed by atoms with Crippen molar-refractivity contribution in [3.05, 3.63) is 46.2 Å².